The first kappa shape index (κ1) is 20.0. The molecule has 29 heavy (non-hydrogen) atoms. The molecular weight excluding hydrogens is 440 g/mol. The average molecular weight is 463 g/mol. The molecule has 2 saturated heterocycles. The molecule has 0 saturated carbocycles. The quantitative estimate of drug-likeness (QED) is 0.583. The minimum Gasteiger partial charge on any atom is -0.370 e. The highest BCUT2D eigenvalue weighted by Crippen LogP contribution is 2.54. The van der Waals surface area contributed by atoms with Crippen LogP contribution in [0.5, 0.6) is 0 Å². The Morgan fingerprint density at radius 3 is 2.55 bits per heavy atom. The van der Waals surface area contributed by atoms with Crippen LogP contribution in [0.15, 0.2) is 22.7 Å². The van der Waals surface area contributed by atoms with Gasteiger partial charge in [0.1, 0.15) is 5.54 Å². The highest BCUT2D eigenvalue weighted by molar-refractivity contribution is 9.10. The summed E-state index contributed by atoms with van der Waals surface area (Å²) in [6.45, 7) is 5.38. The summed E-state index contributed by atoms with van der Waals surface area (Å²) in [5.74, 6) is -3.17. The van der Waals surface area contributed by atoms with Crippen LogP contribution in [0.25, 0.3) is 0 Å². The predicted octanol–water partition coefficient (Wildman–Crippen LogP) is 1.23. The highest BCUT2D eigenvalue weighted by atomic mass is 79.9. The Labute approximate surface area is 176 Å². The number of benzene rings is 1. The minimum atomic E-state index is -1.36. The minimum absolute atomic E-state index is 0.0565. The fourth-order valence-electron chi connectivity index (χ4n) is 4.98. The summed E-state index contributed by atoms with van der Waals surface area (Å²) >= 11 is 3.43. The van der Waals surface area contributed by atoms with E-state index in [4.69, 9.17) is 5.73 Å². The third-order valence-corrected chi connectivity index (χ3v) is 6.54. The number of fused-ring (bicyclic) bond motifs is 4. The van der Waals surface area contributed by atoms with Crippen molar-refractivity contribution in [1.29, 1.82) is 0 Å². The van der Waals surface area contributed by atoms with E-state index in [9.17, 15) is 19.2 Å². The average Bonchev–Trinajstić information content (AvgIpc) is 3.18. The molecule has 8 nitrogen and oxygen atoms in total. The van der Waals surface area contributed by atoms with Gasteiger partial charge in [0.2, 0.25) is 23.6 Å². The van der Waals surface area contributed by atoms with Crippen LogP contribution >= 0.6 is 15.9 Å². The number of imide groups is 1. The standard InChI is InChI=1S/C20H23BrN4O4/c1-19(2,3)25-16(27)14-12(6-7-13(22)26)24-20(15(14)17(25)28)10-8-9(21)4-5-11(10)23-18(20)29/h4-5,8,12,14-15,24H,6-7H2,1-3H3,(H2,22,26)(H,23,29). The maximum Gasteiger partial charge on any atom is 0.250 e. The van der Waals surface area contributed by atoms with Crippen LogP contribution < -0.4 is 16.4 Å². The molecule has 0 radical (unpaired) electrons. The van der Waals surface area contributed by atoms with Gasteiger partial charge in [-0.05, 0) is 45.4 Å². The Morgan fingerprint density at radius 2 is 1.93 bits per heavy atom. The molecule has 1 aromatic rings. The van der Waals surface area contributed by atoms with Gasteiger partial charge >= 0.3 is 0 Å². The number of anilines is 1. The molecule has 3 aliphatic rings. The fourth-order valence-corrected chi connectivity index (χ4v) is 5.34. The van der Waals surface area contributed by atoms with Gasteiger partial charge < -0.3 is 11.1 Å². The third kappa shape index (κ3) is 2.74. The largest absolute Gasteiger partial charge is 0.370 e. The summed E-state index contributed by atoms with van der Waals surface area (Å²) in [6, 6.07) is 4.85. The number of carbonyl (C=O) groups is 4. The van der Waals surface area contributed by atoms with E-state index in [0.29, 0.717) is 11.3 Å². The molecule has 4 unspecified atom stereocenters. The van der Waals surface area contributed by atoms with Gasteiger partial charge in [0.15, 0.2) is 0 Å². The number of primary amides is 1. The van der Waals surface area contributed by atoms with Crippen molar-refractivity contribution < 1.29 is 19.2 Å². The molecule has 0 bridgehead atoms. The van der Waals surface area contributed by atoms with Crippen LogP contribution in [0, 0.1) is 11.8 Å². The van der Waals surface area contributed by atoms with E-state index in [1.165, 1.54) is 4.90 Å². The molecule has 3 heterocycles. The molecule has 3 aliphatic heterocycles. The molecule has 2 fully saturated rings. The lowest BCUT2D eigenvalue weighted by Gasteiger charge is -2.34. The van der Waals surface area contributed by atoms with Crippen molar-refractivity contribution in [2.45, 2.75) is 50.7 Å². The fraction of sp³-hybridized carbons (Fsp3) is 0.500. The van der Waals surface area contributed by atoms with Crippen molar-refractivity contribution in [2.24, 2.45) is 17.6 Å². The summed E-state index contributed by atoms with van der Waals surface area (Å²) < 4.78 is 0.760. The number of carbonyl (C=O) groups excluding carboxylic acids is 4. The number of rotatable bonds is 3. The summed E-state index contributed by atoms with van der Waals surface area (Å²) in [6.07, 6.45) is 0.326. The molecule has 0 aliphatic carbocycles. The highest BCUT2D eigenvalue weighted by Gasteiger charge is 2.71. The van der Waals surface area contributed by atoms with Gasteiger partial charge in [-0.15, -0.1) is 0 Å². The van der Waals surface area contributed by atoms with Gasteiger partial charge in [-0.25, -0.2) is 0 Å². The van der Waals surface area contributed by atoms with Crippen LogP contribution in [0.1, 0.15) is 39.2 Å². The van der Waals surface area contributed by atoms with Gasteiger partial charge in [0, 0.05) is 33.7 Å². The number of hydrogen-bond donors (Lipinski definition) is 3. The molecule has 4 N–H and O–H groups in total. The molecule has 9 heteroatoms. The van der Waals surface area contributed by atoms with Crippen LogP contribution in [0.4, 0.5) is 5.69 Å². The van der Waals surface area contributed by atoms with Crippen LogP contribution in [0.2, 0.25) is 0 Å². The Kier molecular flexibility index (Phi) is 4.40. The van der Waals surface area contributed by atoms with E-state index < -0.39 is 34.9 Å². The van der Waals surface area contributed by atoms with Gasteiger partial charge in [0.05, 0.1) is 11.8 Å². The van der Waals surface area contributed by atoms with E-state index in [1.807, 2.05) is 0 Å². The third-order valence-electron chi connectivity index (χ3n) is 6.05. The second-order valence-corrected chi connectivity index (χ2v) is 9.81. The first-order valence-corrected chi connectivity index (χ1v) is 10.3. The number of likely N-dealkylation sites (tertiary alicyclic amines) is 1. The van der Waals surface area contributed by atoms with E-state index in [1.54, 1.807) is 39.0 Å². The Bertz CT molecular complexity index is 956. The van der Waals surface area contributed by atoms with Crippen LogP contribution in [-0.4, -0.2) is 40.1 Å². The number of halogens is 1. The SMILES string of the molecule is CC(C)(C)N1C(=O)C2C(CCC(N)=O)NC3(C(=O)Nc4ccc(Br)cc43)C2C1=O. The lowest BCUT2D eigenvalue weighted by Crippen LogP contribution is -2.55. The lowest BCUT2D eigenvalue weighted by atomic mass is 9.76. The molecule has 4 amide bonds. The molecule has 0 aromatic heterocycles. The van der Waals surface area contributed by atoms with E-state index >= 15 is 0 Å². The number of nitrogens with two attached hydrogens (primary N) is 1. The molecule has 154 valence electrons. The zero-order valence-corrected chi connectivity index (χ0v) is 18.0. The maximum atomic E-state index is 13.5. The monoisotopic (exact) mass is 462 g/mol. The Hall–Kier alpha value is -2.26. The van der Waals surface area contributed by atoms with Crippen molar-refractivity contribution in [1.82, 2.24) is 10.2 Å². The Balaban J connectivity index is 1.88. The summed E-state index contributed by atoms with van der Waals surface area (Å²) in [7, 11) is 0. The second-order valence-electron chi connectivity index (χ2n) is 8.89. The number of amides is 4. The number of hydrogen-bond acceptors (Lipinski definition) is 5. The van der Waals surface area contributed by atoms with Crippen molar-refractivity contribution in [3.05, 3.63) is 28.2 Å². The molecular formula is C20H23BrN4O4. The zero-order chi connectivity index (χ0) is 21.3. The smallest absolute Gasteiger partial charge is 0.250 e. The molecule has 1 aromatic carbocycles. The van der Waals surface area contributed by atoms with Gasteiger partial charge in [-0.2, -0.15) is 0 Å². The summed E-state index contributed by atoms with van der Waals surface area (Å²) in [5.41, 5.74) is 4.47. The van der Waals surface area contributed by atoms with Crippen LogP contribution in [-0.2, 0) is 24.7 Å². The number of nitrogens with one attached hydrogen (secondary N) is 2. The van der Waals surface area contributed by atoms with Gasteiger partial charge in [-0.1, -0.05) is 15.9 Å². The van der Waals surface area contributed by atoms with Crippen molar-refractivity contribution in [2.75, 3.05) is 5.32 Å². The maximum absolute atomic E-state index is 13.5. The normalized spacial score (nSPS) is 30.7. The topological polar surface area (TPSA) is 122 Å². The Morgan fingerprint density at radius 1 is 1.24 bits per heavy atom. The van der Waals surface area contributed by atoms with E-state index in [0.717, 1.165) is 4.47 Å². The summed E-state index contributed by atoms with van der Waals surface area (Å²) in [4.78, 5) is 52.7. The molecule has 4 atom stereocenters. The predicted molar refractivity (Wildman–Crippen MR) is 108 cm³/mol. The second kappa shape index (κ2) is 6.37. The summed E-state index contributed by atoms with van der Waals surface area (Å²) in [5, 5.41) is 6.13. The van der Waals surface area contributed by atoms with Crippen molar-refractivity contribution >= 4 is 45.2 Å². The van der Waals surface area contributed by atoms with Gasteiger partial charge in [-0.3, -0.25) is 29.4 Å². The first-order chi connectivity index (χ1) is 13.5. The van der Waals surface area contributed by atoms with Crippen molar-refractivity contribution in [3.8, 4) is 0 Å². The zero-order valence-electron chi connectivity index (χ0n) is 16.4. The van der Waals surface area contributed by atoms with Gasteiger partial charge in [0.25, 0.3) is 0 Å². The first-order valence-electron chi connectivity index (χ1n) is 9.54. The van der Waals surface area contributed by atoms with Crippen molar-refractivity contribution in [3.63, 3.8) is 0 Å². The molecule has 4 rings (SSSR count). The van der Waals surface area contributed by atoms with E-state index in [-0.39, 0.29) is 30.6 Å². The van der Waals surface area contributed by atoms with E-state index in [2.05, 4.69) is 26.6 Å². The molecule has 1 spiro atoms. The van der Waals surface area contributed by atoms with Crippen LogP contribution in [0.3, 0.4) is 0 Å². The number of nitrogens with zero attached hydrogens (tertiary/aromatic N) is 1. The lowest BCUT2D eigenvalue weighted by molar-refractivity contribution is -0.148.